The zero-order chi connectivity index (χ0) is 17.4. The van der Waals surface area contributed by atoms with Crippen molar-refractivity contribution in [2.75, 3.05) is 24.3 Å². The normalized spacial score (nSPS) is 25.4. The van der Waals surface area contributed by atoms with Crippen LogP contribution in [0.25, 0.3) is 0 Å². The third kappa shape index (κ3) is 2.62. The maximum Gasteiger partial charge on any atom is 0.317 e. The van der Waals surface area contributed by atoms with E-state index in [1.165, 1.54) is 0 Å². The Kier molecular flexibility index (Phi) is 4.21. The highest BCUT2D eigenvalue weighted by Crippen LogP contribution is 2.42. The van der Waals surface area contributed by atoms with Gasteiger partial charge in [0.2, 0.25) is 0 Å². The van der Waals surface area contributed by atoms with Gasteiger partial charge in [-0.25, -0.2) is 4.58 Å². The van der Waals surface area contributed by atoms with Crippen LogP contribution in [0.15, 0.2) is 54.6 Å². The van der Waals surface area contributed by atoms with E-state index in [4.69, 9.17) is 4.74 Å². The second kappa shape index (κ2) is 6.39. The highest BCUT2D eigenvalue weighted by atomic mass is 32.2. The molecule has 0 bridgehead atoms. The van der Waals surface area contributed by atoms with E-state index >= 15 is 0 Å². The van der Waals surface area contributed by atoms with Gasteiger partial charge in [-0.05, 0) is 54.6 Å². The summed E-state index contributed by atoms with van der Waals surface area (Å²) < 4.78 is 7.63. The highest BCUT2D eigenvalue weighted by Gasteiger charge is 2.57. The lowest BCUT2D eigenvalue weighted by Crippen LogP contribution is -2.47. The van der Waals surface area contributed by atoms with Crippen LogP contribution in [0.2, 0.25) is 0 Å². The Balaban J connectivity index is 1.81. The number of ether oxygens (including phenoxy) is 1. The fourth-order valence-corrected chi connectivity index (χ4v) is 5.20. The number of para-hydroxylation sites is 1. The molecule has 0 saturated heterocycles. The molecule has 0 radical (unpaired) electrons. The number of hydrogen-bond acceptors (Lipinski definition) is 4. The van der Waals surface area contributed by atoms with Crippen LogP contribution in [-0.2, 0) is 5.72 Å². The quantitative estimate of drug-likeness (QED) is 0.854. The number of benzene rings is 2. The van der Waals surface area contributed by atoms with E-state index in [-0.39, 0.29) is 0 Å². The summed E-state index contributed by atoms with van der Waals surface area (Å²) in [6.07, 6.45) is 1.08. The van der Waals surface area contributed by atoms with Gasteiger partial charge < -0.3 is 9.84 Å². The van der Waals surface area contributed by atoms with Gasteiger partial charge in [0.05, 0.1) is 7.11 Å². The Hall–Kier alpha value is -1.98. The Morgan fingerprint density at radius 3 is 2.56 bits per heavy atom. The molecule has 2 aliphatic rings. The first-order chi connectivity index (χ1) is 12.2. The molecule has 2 aromatic rings. The summed E-state index contributed by atoms with van der Waals surface area (Å²) >= 11 is 1.84. The van der Waals surface area contributed by atoms with E-state index in [0.29, 0.717) is 12.6 Å². The minimum atomic E-state index is -1.08. The zero-order valence-electron chi connectivity index (χ0n) is 14.6. The van der Waals surface area contributed by atoms with Crippen molar-refractivity contribution in [3.63, 3.8) is 0 Å². The number of hydrogen-bond donors (Lipinski definition) is 1. The topological polar surface area (TPSA) is 35.7 Å². The first-order valence-electron chi connectivity index (χ1n) is 8.66. The van der Waals surface area contributed by atoms with Crippen molar-refractivity contribution in [2.45, 2.75) is 25.1 Å². The number of methoxy groups -OCH3 is 1. The van der Waals surface area contributed by atoms with Crippen molar-refractivity contribution in [3.8, 4) is 5.75 Å². The Morgan fingerprint density at radius 1 is 1.20 bits per heavy atom. The maximum absolute atomic E-state index is 11.8. The standard InChI is InChI=1S/C20H23N2O2S/c1-3-16-13-25-19-21(16)14-20(23,15-9-11-18(24-2)12-10-15)22(19)17-7-5-4-6-8-17/h4-12,16,23H,3,13-14H2,1-2H3/q+1/t16-,20+/m1/s1. The number of nitrogens with zero attached hydrogens (tertiary/aromatic N) is 2. The van der Waals surface area contributed by atoms with Gasteiger partial charge in [0.15, 0.2) is 6.54 Å². The zero-order valence-corrected chi connectivity index (χ0v) is 15.4. The van der Waals surface area contributed by atoms with Crippen molar-refractivity contribution < 1.29 is 14.4 Å². The second-order valence-corrected chi connectivity index (χ2v) is 7.49. The van der Waals surface area contributed by atoms with Gasteiger partial charge in [-0.2, -0.15) is 4.90 Å². The molecular formula is C20H23N2O2S+. The van der Waals surface area contributed by atoms with E-state index in [2.05, 4.69) is 28.5 Å². The molecule has 130 valence electrons. The molecule has 0 saturated carbocycles. The molecule has 0 aliphatic carbocycles. The van der Waals surface area contributed by atoms with Crippen LogP contribution in [0.5, 0.6) is 5.75 Å². The lowest BCUT2D eigenvalue weighted by molar-refractivity contribution is -0.561. The molecule has 0 amide bonds. The molecule has 0 fully saturated rings. The van der Waals surface area contributed by atoms with E-state index < -0.39 is 5.72 Å². The van der Waals surface area contributed by atoms with Crippen LogP contribution in [0, 0.1) is 0 Å². The molecule has 5 heteroatoms. The number of rotatable bonds is 4. The van der Waals surface area contributed by atoms with Crippen LogP contribution in [-0.4, -0.2) is 40.3 Å². The first-order valence-corrected chi connectivity index (χ1v) is 9.64. The summed E-state index contributed by atoms with van der Waals surface area (Å²) in [4.78, 5) is 2.09. The second-order valence-electron chi connectivity index (χ2n) is 6.50. The minimum Gasteiger partial charge on any atom is -0.497 e. The fourth-order valence-electron chi connectivity index (χ4n) is 3.67. The lowest BCUT2D eigenvalue weighted by Gasteiger charge is -2.29. The minimum absolute atomic E-state index is 0.471. The van der Waals surface area contributed by atoms with Crippen LogP contribution in [0.3, 0.4) is 0 Å². The molecule has 4 nitrogen and oxygen atoms in total. The Morgan fingerprint density at radius 2 is 1.92 bits per heavy atom. The smallest absolute Gasteiger partial charge is 0.317 e. The van der Waals surface area contributed by atoms with Crippen LogP contribution < -0.4 is 9.64 Å². The monoisotopic (exact) mass is 355 g/mol. The van der Waals surface area contributed by atoms with Crippen LogP contribution in [0.4, 0.5) is 5.69 Å². The SMILES string of the molecule is CC[C@@H]1CSC2=[N+]1C[C@](O)(c1ccc(OC)cc1)N2c1ccccc1. The van der Waals surface area contributed by atoms with Crippen molar-refractivity contribution in [3.05, 3.63) is 60.2 Å². The molecule has 2 aliphatic heterocycles. The van der Waals surface area contributed by atoms with Crippen molar-refractivity contribution in [1.29, 1.82) is 0 Å². The maximum atomic E-state index is 11.8. The number of aliphatic hydroxyl groups is 1. The van der Waals surface area contributed by atoms with E-state index in [1.54, 1.807) is 7.11 Å². The van der Waals surface area contributed by atoms with Gasteiger partial charge in [-0.15, -0.1) is 0 Å². The summed E-state index contributed by atoms with van der Waals surface area (Å²) in [5.74, 6) is 1.87. The largest absolute Gasteiger partial charge is 0.497 e. The molecule has 0 aromatic heterocycles. The molecule has 2 atom stereocenters. The molecule has 4 rings (SSSR count). The van der Waals surface area contributed by atoms with Gasteiger partial charge in [0, 0.05) is 11.3 Å². The van der Waals surface area contributed by atoms with E-state index in [9.17, 15) is 5.11 Å². The number of amidine groups is 1. The molecule has 1 N–H and O–H groups in total. The first kappa shape index (κ1) is 16.5. The van der Waals surface area contributed by atoms with Crippen molar-refractivity contribution in [2.24, 2.45) is 0 Å². The average molecular weight is 355 g/mol. The van der Waals surface area contributed by atoms with Gasteiger partial charge in [-0.3, -0.25) is 0 Å². The summed E-state index contributed by atoms with van der Waals surface area (Å²) in [5.41, 5.74) is 0.821. The third-order valence-electron chi connectivity index (χ3n) is 5.08. The molecule has 25 heavy (non-hydrogen) atoms. The fraction of sp³-hybridized carbons (Fsp3) is 0.350. The number of thioether (sulfide) groups is 1. The van der Waals surface area contributed by atoms with Crippen LogP contribution in [0.1, 0.15) is 18.9 Å². The Bertz CT molecular complexity index is 791. The number of anilines is 1. The van der Waals surface area contributed by atoms with Crippen LogP contribution >= 0.6 is 11.8 Å². The van der Waals surface area contributed by atoms with Gasteiger partial charge in [-0.1, -0.05) is 25.1 Å². The summed E-state index contributed by atoms with van der Waals surface area (Å²) in [5, 5.41) is 12.9. The molecule has 2 heterocycles. The summed E-state index contributed by atoms with van der Waals surface area (Å²) in [6.45, 7) is 2.79. The molecule has 0 unspecified atom stereocenters. The lowest BCUT2D eigenvalue weighted by atomic mass is 10.0. The molecule has 0 spiro atoms. The van der Waals surface area contributed by atoms with Gasteiger partial charge in [0.25, 0.3) is 5.72 Å². The third-order valence-corrected chi connectivity index (χ3v) is 6.31. The predicted octanol–water partition coefficient (Wildman–Crippen LogP) is 3.25. The Labute approximate surface area is 152 Å². The summed E-state index contributed by atoms with van der Waals surface area (Å²) in [6, 6.07) is 18.4. The molecular weight excluding hydrogens is 332 g/mol. The van der Waals surface area contributed by atoms with Crippen molar-refractivity contribution >= 4 is 22.6 Å². The van der Waals surface area contributed by atoms with E-state index in [1.807, 2.05) is 54.2 Å². The molecule has 2 aromatic carbocycles. The van der Waals surface area contributed by atoms with E-state index in [0.717, 1.165) is 34.3 Å². The predicted molar refractivity (Wildman–Crippen MR) is 102 cm³/mol. The summed E-state index contributed by atoms with van der Waals surface area (Å²) in [7, 11) is 1.66. The van der Waals surface area contributed by atoms with Gasteiger partial charge >= 0.3 is 5.17 Å². The van der Waals surface area contributed by atoms with Crippen molar-refractivity contribution in [1.82, 2.24) is 0 Å². The van der Waals surface area contributed by atoms with Gasteiger partial charge in [0.1, 0.15) is 17.5 Å². The highest BCUT2D eigenvalue weighted by molar-refractivity contribution is 8.14. The average Bonchev–Trinajstić information content (AvgIpc) is 3.18.